The molecule has 2 rings (SSSR count). The molecular weight excluding hydrogens is 274 g/mol. The third kappa shape index (κ3) is 3.68. The molecule has 0 spiro atoms. The highest BCUT2D eigenvalue weighted by Gasteiger charge is 2.06. The molecule has 0 saturated carbocycles. The molecule has 0 N–H and O–H groups in total. The van der Waals surface area contributed by atoms with Gasteiger partial charge in [0.2, 0.25) is 0 Å². The molecule has 0 aliphatic carbocycles. The molecule has 102 valence electrons. The number of ether oxygens (including phenoxy) is 1. The lowest BCUT2D eigenvalue weighted by atomic mass is 10.2. The molecule has 0 amide bonds. The fraction of sp³-hybridized carbons (Fsp3) is 0.125. The van der Waals surface area contributed by atoms with Gasteiger partial charge in [-0.25, -0.2) is 4.98 Å². The first-order valence-corrected chi connectivity index (χ1v) is 6.53. The van der Waals surface area contributed by atoms with Crippen molar-refractivity contribution in [2.24, 2.45) is 0 Å². The first kappa shape index (κ1) is 14.3. The summed E-state index contributed by atoms with van der Waals surface area (Å²) in [5.41, 5.74) is 2.33. The van der Waals surface area contributed by atoms with Crippen molar-refractivity contribution in [3.63, 3.8) is 0 Å². The zero-order valence-electron chi connectivity index (χ0n) is 11.3. The summed E-state index contributed by atoms with van der Waals surface area (Å²) >= 11 is 6.09. The summed E-state index contributed by atoms with van der Waals surface area (Å²) < 4.78 is 5.13. The van der Waals surface area contributed by atoms with E-state index in [2.05, 4.69) is 4.98 Å². The second kappa shape index (κ2) is 6.35. The number of carbonyl (C=O) groups is 1. The molecule has 2 aromatic rings. The van der Waals surface area contributed by atoms with Crippen LogP contribution in [0.3, 0.4) is 0 Å². The predicted octanol–water partition coefficient (Wildman–Crippen LogP) is 4.14. The third-order valence-electron chi connectivity index (χ3n) is 2.60. The monoisotopic (exact) mass is 287 g/mol. The maximum Gasteiger partial charge on any atom is 0.308 e. The van der Waals surface area contributed by atoms with Crippen molar-refractivity contribution in [2.45, 2.75) is 13.8 Å². The zero-order valence-corrected chi connectivity index (χ0v) is 12.0. The lowest BCUT2D eigenvalue weighted by Gasteiger charge is -2.06. The Kier molecular flexibility index (Phi) is 4.53. The van der Waals surface area contributed by atoms with Gasteiger partial charge in [-0.05, 0) is 36.8 Å². The first-order chi connectivity index (χ1) is 9.56. The predicted molar refractivity (Wildman–Crippen MR) is 80.7 cm³/mol. The average molecular weight is 288 g/mol. The van der Waals surface area contributed by atoms with E-state index in [9.17, 15) is 4.79 Å². The van der Waals surface area contributed by atoms with Gasteiger partial charge in [-0.2, -0.15) is 0 Å². The van der Waals surface area contributed by atoms with Crippen LogP contribution in [0.1, 0.15) is 23.9 Å². The molecule has 3 nitrogen and oxygen atoms in total. The summed E-state index contributed by atoms with van der Waals surface area (Å²) in [5.74, 6) is 0.0643. The van der Waals surface area contributed by atoms with Crippen LogP contribution in [0.15, 0.2) is 36.4 Å². The van der Waals surface area contributed by atoms with Gasteiger partial charge in [0.05, 0.1) is 0 Å². The minimum absolute atomic E-state index is 0.372. The number of esters is 1. The minimum atomic E-state index is -0.372. The van der Waals surface area contributed by atoms with Gasteiger partial charge in [0, 0.05) is 17.6 Å². The van der Waals surface area contributed by atoms with Gasteiger partial charge in [-0.1, -0.05) is 35.9 Å². The maximum absolute atomic E-state index is 11.1. The van der Waals surface area contributed by atoms with Crippen LogP contribution in [0.2, 0.25) is 5.02 Å². The molecule has 0 saturated heterocycles. The van der Waals surface area contributed by atoms with Crippen molar-refractivity contribution in [1.82, 2.24) is 4.98 Å². The highest BCUT2D eigenvalue weighted by molar-refractivity contribution is 6.32. The van der Waals surface area contributed by atoms with E-state index >= 15 is 0 Å². The molecule has 0 bridgehead atoms. The molecule has 0 radical (unpaired) electrons. The molecule has 0 aliphatic heterocycles. The largest absolute Gasteiger partial charge is 0.424 e. The Morgan fingerprint density at radius 2 is 1.95 bits per heavy atom. The Morgan fingerprint density at radius 3 is 2.65 bits per heavy atom. The topological polar surface area (TPSA) is 39.2 Å². The molecule has 0 aliphatic rings. The lowest BCUT2D eigenvalue weighted by molar-refractivity contribution is -0.131. The number of carbonyl (C=O) groups excluding carboxylic acids is 1. The van der Waals surface area contributed by atoms with Crippen molar-refractivity contribution >= 4 is 29.7 Å². The summed E-state index contributed by atoms with van der Waals surface area (Å²) in [5, 5.41) is 0.658. The SMILES string of the molecule is CC(=O)Oc1ccc(C)nc1C=Cc1ccccc1Cl. The average Bonchev–Trinajstić information content (AvgIpc) is 2.40. The zero-order chi connectivity index (χ0) is 14.5. The standard InChI is InChI=1S/C16H14ClNO2/c1-11-7-10-16(20-12(2)19)15(18-11)9-8-13-5-3-4-6-14(13)17/h3-10H,1-2H3. The first-order valence-electron chi connectivity index (χ1n) is 6.15. The van der Waals surface area contributed by atoms with E-state index in [1.807, 2.05) is 37.3 Å². The minimum Gasteiger partial charge on any atom is -0.424 e. The third-order valence-corrected chi connectivity index (χ3v) is 2.95. The van der Waals surface area contributed by atoms with Crippen molar-refractivity contribution in [1.29, 1.82) is 0 Å². The smallest absolute Gasteiger partial charge is 0.308 e. The molecule has 1 aromatic heterocycles. The Labute approximate surface area is 122 Å². The van der Waals surface area contributed by atoms with Gasteiger partial charge in [-0.3, -0.25) is 4.79 Å². The van der Waals surface area contributed by atoms with Crippen LogP contribution < -0.4 is 4.74 Å². The van der Waals surface area contributed by atoms with Crippen LogP contribution in [0.4, 0.5) is 0 Å². The van der Waals surface area contributed by atoms with E-state index < -0.39 is 0 Å². The van der Waals surface area contributed by atoms with Gasteiger partial charge in [0.25, 0.3) is 0 Å². The Bertz CT molecular complexity index is 665. The van der Waals surface area contributed by atoms with E-state index in [0.717, 1.165) is 11.3 Å². The molecule has 0 fully saturated rings. The van der Waals surface area contributed by atoms with Crippen molar-refractivity contribution in [2.75, 3.05) is 0 Å². The van der Waals surface area contributed by atoms with E-state index in [4.69, 9.17) is 16.3 Å². The number of halogens is 1. The van der Waals surface area contributed by atoms with E-state index in [1.165, 1.54) is 6.92 Å². The fourth-order valence-corrected chi connectivity index (χ4v) is 1.90. The van der Waals surface area contributed by atoms with Crippen LogP contribution in [-0.4, -0.2) is 11.0 Å². The molecular formula is C16H14ClNO2. The molecule has 0 unspecified atom stereocenters. The lowest BCUT2D eigenvalue weighted by Crippen LogP contribution is -2.04. The summed E-state index contributed by atoms with van der Waals surface area (Å²) in [4.78, 5) is 15.4. The van der Waals surface area contributed by atoms with E-state index in [0.29, 0.717) is 16.5 Å². The Hall–Kier alpha value is -2.13. The second-order valence-corrected chi connectivity index (χ2v) is 4.69. The van der Waals surface area contributed by atoms with Gasteiger partial charge >= 0.3 is 5.97 Å². The van der Waals surface area contributed by atoms with Crippen LogP contribution in [0.5, 0.6) is 5.75 Å². The summed E-state index contributed by atoms with van der Waals surface area (Å²) in [6.45, 7) is 3.24. The van der Waals surface area contributed by atoms with Crippen LogP contribution in [-0.2, 0) is 4.79 Å². The fourth-order valence-electron chi connectivity index (χ4n) is 1.70. The number of aromatic nitrogens is 1. The Morgan fingerprint density at radius 1 is 1.20 bits per heavy atom. The van der Waals surface area contributed by atoms with Gasteiger partial charge in [-0.15, -0.1) is 0 Å². The van der Waals surface area contributed by atoms with Crippen molar-refractivity contribution in [3.05, 3.63) is 58.4 Å². The maximum atomic E-state index is 11.1. The molecule has 1 aromatic carbocycles. The highest BCUT2D eigenvalue weighted by atomic mass is 35.5. The van der Waals surface area contributed by atoms with Crippen LogP contribution in [0.25, 0.3) is 12.2 Å². The second-order valence-electron chi connectivity index (χ2n) is 4.28. The van der Waals surface area contributed by atoms with Crippen LogP contribution >= 0.6 is 11.6 Å². The summed E-state index contributed by atoms with van der Waals surface area (Å²) in [6.07, 6.45) is 3.63. The normalized spacial score (nSPS) is 10.8. The highest BCUT2D eigenvalue weighted by Crippen LogP contribution is 2.22. The molecule has 1 heterocycles. The number of hydrogen-bond acceptors (Lipinski definition) is 3. The number of benzene rings is 1. The van der Waals surface area contributed by atoms with Gasteiger partial charge in [0.15, 0.2) is 5.75 Å². The van der Waals surface area contributed by atoms with Crippen molar-refractivity contribution in [3.8, 4) is 5.75 Å². The number of hydrogen-bond donors (Lipinski definition) is 0. The summed E-state index contributed by atoms with van der Waals surface area (Å²) in [7, 11) is 0. The van der Waals surface area contributed by atoms with Gasteiger partial charge in [0.1, 0.15) is 5.69 Å². The summed E-state index contributed by atoms with van der Waals surface area (Å²) in [6, 6.07) is 11.0. The number of aryl methyl sites for hydroxylation is 1. The van der Waals surface area contributed by atoms with Crippen molar-refractivity contribution < 1.29 is 9.53 Å². The van der Waals surface area contributed by atoms with Crippen LogP contribution in [0, 0.1) is 6.92 Å². The number of pyridine rings is 1. The molecule has 4 heteroatoms. The number of rotatable bonds is 3. The van der Waals surface area contributed by atoms with E-state index in [1.54, 1.807) is 18.2 Å². The molecule has 0 atom stereocenters. The number of nitrogens with zero attached hydrogens (tertiary/aromatic N) is 1. The Balaban J connectivity index is 2.35. The quantitative estimate of drug-likeness (QED) is 0.797. The van der Waals surface area contributed by atoms with E-state index in [-0.39, 0.29) is 5.97 Å². The van der Waals surface area contributed by atoms with Gasteiger partial charge < -0.3 is 4.74 Å². The molecule has 20 heavy (non-hydrogen) atoms.